The molecular formula is C21H33N3O3. The van der Waals surface area contributed by atoms with Gasteiger partial charge in [0, 0.05) is 26.2 Å². The van der Waals surface area contributed by atoms with Gasteiger partial charge in [0.2, 0.25) is 6.10 Å². The maximum absolute atomic E-state index is 12.5. The minimum Gasteiger partial charge on any atom is -0.382 e. The molecule has 0 aliphatic carbocycles. The highest BCUT2D eigenvalue weighted by molar-refractivity contribution is 5.81. The van der Waals surface area contributed by atoms with Crippen LogP contribution in [0.5, 0.6) is 0 Å². The Bertz CT molecular complexity index is 608. The lowest BCUT2D eigenvalue weighted by Gasteiger charge is -2.26. The molecule has 1 aliphatic rings. The summed E-state index contributed by atoms with van der Waals surface area (Å²) in [6, 6.07) is 8.38. The van der Waals surface area contributed by atoms with Crippen molar-refractivity contribution in [2.75, 3.05) is 26.3 Å². The van der Waals surface area contributed by atoms with Gasteiger partial charge in [-0.1, -0.05) is 42.8 Å². The van der Waals surface area contributed by atoms with E-state index in [1.54, 1.807) is 0 Å². The van der Waals surface area contributed by atoms with Crippen LogP contribution < -0.4 is 5.32 Å². The standard InChI is InChI=1S/C21H33N3O3/c1-4-5-9-20(27-23-17(2)3)21(25)22-15-18-7-6-8-19(14-18)16-24-10-12-26-13-11-24/h6-8,14,20H,4-5,9-13,15-16H2,1-3H3,(H,22,25)/t20-/m0/s1. The summed E-state index contributed by atoms with van der Waals surface area (Å²) in [7, 11) is 0. The number of ether oxygens (including phenoxy) is 1. The number of oxime groups is 1. The van der Waals surface area contributed by atoms with Crippen molar-refractivity contribution in [1.29, 1.82) is 0 Å². The third kappa shape index (κ3) is 8.10. The monoisotopic (exact) mass is 375 g/mol. The number of morpholine rings is 1. The first-order chi connectivity index (χ1) is 13.1. The molecule has 0 radical (unpaired) electrons. The van der Waals surface area contributed by atoms with Crippen LogP contribution in [0.25, 0.3) is 0 Å². The quantitative estimate of drug-likeness (QED) is 0.504. The second-order valence-corrected chi connectivity index (χ2v) is 7.20. The molecule has 0 bridgehead atoms. The number of unbranched alkanes of at least 4 members (excludes halogenated alkanes) is 1. The summed E-state index contributed by atoms with van der Waals surface area (Å²) in [6.45, 7) is 10.8. The molecule has 1 aromatic rings. The lowest BCUT2D eigenvalue weighted by molar-refractivity contribution is -0.133. The molecule has 27 heavy (non-hydrogen) atoms. The van der Waals surface area contributed by atoms with Crippen molar-refractivity contribution in [3.63, 3.8) is 0 Å². The van der Waals surface area contributed by atoms with Crippen LogP contribution in [0.4, 0.5) is 0 Å². The van der Waals surface area contributed by atoms with Crippen LogP contribution in [0.2, 0.25) is 0 Å². The van der Waals surface area contributed by atoms with Gasteiger partial charge >= 0.3 is 0 Å². The highest BCUT2D eigenvalue weighted by Gasteiger charge is 2.19. The average molecular weight is 376 g/mol. The Labute approximate surface area is 162 Å². The molecule has 1 atom stereocenters. The number of benzene rings is 1. The average Bonchev–Trinajstić information content (AvgIpc) is 2.67. The van der Waals surface area contributed by atoms with Gasteiger partial charge in [-0.15, -0.1) is 0 Å². The first-order valence-electron chi connectivity index (χ1n) is 9.91. The molecule has 1 N–H and O–H groups in total. The Kier molecular flexibility index (Phi) is 9.28. The number of amides is 1. The van der Waals surface area contributed by atoms with Crippen molar-refractivity contribution < 1.29 is 14.4 Å². The van der Waals surface area contributed by atoms with E-state index in [0.29, 0.717) is 13.0 Å². The number of hydrogen-bond donors (Lipinski definition) is 1. The van der Waals surface area contributed by atoms with Crippen molar-refractivity contribution in [1.82, 2.24) is 10.2 Å². The second kappa shape index (κ2) is 11.7. The summed E-state index contributed by atoms with van der Waals surface area (Å²) >= 11 is 0. The van der Waals surface area contributed by atoms with E-state index < -0.39 is 6.10 Å². The molecule has 2 rings (SSSR count). The minimum absolute atomic E-state index is 0.105. The first-order valence-corrected chi connectivity index (χ1v) is 9.91. The lowest BCUT2D eigenvalue weighted by atomic mass is 10.1. The van der Waals surface area contributed by atoms with Crippen LogP contribution in [0.1, 0.15) is 51.2 Å². The Morgan fingerprint density at radius 2 is 2.04 bits per heavy atom. The van der Waals surface area contributed by atoms with Gasteiger partial charge in [-0.3, -0.25) is 9.69 Å². The predicted molar refractivity (Wildman–Crippen MR) is 108 cm³/mol. The van der Waals surface area contributed by atoms with E-state index >= 15 is 0 Å². The van der Waals surface area contributed by atoms with Crippen LogP contribution in [-0.2, 0) is 27.5 Å². The molecule has 0 unspecified atom stereocenters. The summed E-state index contributed by atoms with van der Waals surface area (Å²) in [4.78, 5) is 20.3. The van der Waals surface area contributed by atoms with E-state index in [9.17, 15) is 4.79 Å². The Morgan fingerprint density at radius 1 is 1.30 bits per heavy atom. The summed E-state index contributed by atoms with van der Waals surface area (Å²) in [5.74, 6) is -0.105. The van der Waals surface area contributed by atoms with E-state index in [1.165, 1.54) is 5.56 Å². The van der Waals surface area contributed by atoms with Crippen LogP contribution in [-0.4, -0.2) is 48.9 Å². The minimum atomic E-state index is -0.531. The zero-order valence-corrected chi connectivity index (χ0v) is 16.9. The maximum atomic E-state index is 12.5. The summed E-state index contributed by atoms with van der Waals surface area (Å²) < 4.78 is 5.40. The van der Waals surface area contributed by atoms with Gasteiger partial charge in [0.05, 0.1) is 18.9 Å². The molecule has 0 saturated carbocycles. The van der Waals surface area contributed by atoms with Crippen LogP contribution in [0.15, 0.2) is 29.4 Å². The first kappa shape index (κ1) is 21.4. The molecule has 0 aromatic heterocycles. The number of hydrogen-bond acceptors (Lipinski definition) is 5. The highest BCUT2D eigenvalue weighted by atomic mass is 16.6. The Hall–Kier alpha value is -1.92. The number of carbonyl (C=O) groups is 1. The zero-order chi connectivity index (χ0) is 19.5. The van der Waals surface area contributed by atoms with E-state index in [4.69, 9.17) is 9.57 Å². The maximum Gasteiger partial charge on any atom is 0.264 e. The normalized spacial score (nSPS) is 15.8. The molecule has 1 amide bonds. The van der Waals surface area contributed by atoms with Gasteiger partial charge in [-0.25, -0.2) is 0 Å². The Balaban J connectivity index is 1.88. The molecule has 1 heterocycles. The van der Waals surface area contributed by atoms with Crippen LogP contribution >= 0.6 is 0 Å². The fourth-order valence-corrected chi connectivity index (χ4v) is 2.95. The number of nitrogens with zero attached hydrogens (tertiary/aromatic N) is 2. The zero-order valence-electron chi connectivity index (χ0n) is 16.9. The van der Waals surface area contributed by atoms with Crippen molar-refractivity contribution in [3.05, 3.63) is 35.4 Å². The van der Waals surface area contributed by atoms with E-state index in [1.807, 2.05) is 26.0 Å². The lowest BCUT2D eigenvalue weighted by Crippen LogP contribution is -2.36. The molecule has 1 saturated heterocycles. The summed E-state index contributed by atoms with van der Waals surface area (Å²) in [6.07, 6.45) is 2.10. The van der Waals surface area contributed by atoms with Crippen molar-refractivity contribution in [2.45, 2.75) is 59.2 Å². The van der Waals surface area contributed by atoms with Gasteiger partial charge in [0.15, 0.2) is 0 Å². The fourth-order valence-electron chi connectivity index (χ4n) is 2.95. The smallest absolute Gasteiger partial charge is 0.264 e. The molecule has 1 fully saturated rings. The molecule has 1 aromatic carbocycles. The highest BCUT2D eigenvalue weighted by Crippen LogP contribution is 2.11. The van der Waals surface area contributed by atoms with Crippen molar-refractivity contribution in [2.24, 2.45) is 5.16 Å². The Morgan fingerprint density at radius 3 is 2.74 bits per heavy atom. The molecule has 0 spiro atoms. The molecule has 6 nitrogen and oxygen atoms in total. The fraction of sp³-hybridized carbons (Fsp3) is 0.619. The second-order valence-electron chi connectivity index (χ2n) is 7.20. The van der Waals surface area contributed by atoms with Gasteiger partial charge in [-0.05, 0) is 37.8 Å². The SMILES string of the molecule is CCCC[C@H](ON=C(C)C)C(=O)NCc1cccc(CN2CCOCC2)c1. The third-order valence-corrected chi connectivity index (χ3v) is 4.44. The van der Waals surface area contributed by atoms with Crippen LogP contribution in [0, 0.1) is 0 Å². The molecule has 150 valence electrons. The van der Waals surface area contributed by atoms with Gasteiger partial charge in [-0.2, -0.15) is 0 Å². The largest absolute Gasteiger partial charge is 0.382 e. The van der Waals surface area contributed by atoms with Gasteiger partial charge in [0.25, 0.3) is 5.91 Å². The number of rotatable bonds is 10. The van der Waals surface area contributed by atoms with Crippen molar-refractivity contribution >= 4 is 11.6 Å². The van der Waals surface area contributed by atoms with E-state index in [2.05, 4.69) is 34.4 Å². The topological polar surface area (TPSA) is 63.2 Å². The van der Waals surface area contributed by atoms with E-state index in [-0.39, 0.29) is 5.91 Å². The molecule has 6 heteroatoms. The van der Waals surface area contributed by atoms with Gasteiger partial charge < -0.3 is 14.9 Å². The number of carbonyl (C=O) groups excluding carboxylic acids is 1. The number of nitrogens with one attached hydrogen (secondary N) is 1. The molecular weight excluding hydrogens is 342 g/mol. The predicted octanol–water partition coefficient (Wildman–Crippen LogP) is 3.11. The summed E-state index contributed by atoms with van der Waals surface area (Å²) in [5.41, 5.74) is 3.16. The summed E-state index contributed by atoms with van der Waals surface area (Å²) in [5, 5.41) is 6.97. The molecule has 1 aliphatic heterocycles. The van der Waals surface area contributed by atoms with Crippen LogP contribution in [0.3, 0.4) is 0 Å². The van der Waals surface area contributed by atoms with Gasteiger partial charge in [0.1, 0.15) is 0 Å². The van der Waals surface area contributed by atoms with Crippen molar-refractivity contribution in [3.8, 4) is 0 Å². The van der Waals surface area contributed by atoms with E-state index in [0.717, 1.165) is 57.0 Å². The third-order valence-electron chi connectivity index (χ3n) is 4.44.